The van der Waals surface area contributed by atoms with Gasteiger partial charge >= 0.3 is 0 Å². The van der Waals surface area contributed by atoms with Gasteiger partial charge in [0.1, 0.15) is 36.8 Å². The molecule has 0 amide bonds. The number of benzene rings is 3. The summed E-state index contributed by atoms with van der Waals surface area (Å²) in [6.07, 6.45) is 0.0696. The van der Waals surface area contributed by atoms with Gasteiger partial charge in [-0.25, -0.2) is 0 Å². The summed E-state index contributed by atoms with van der Waals surface area (Å²) in [5.74, 6) is -0.0708. The Bertz CT molecular complexity index is 1360. The standard InChI is InChI=1S/C40H52O8/c1-30(2)15-14-24-40(3,47-29-43-4)36(41)23-22-34-37(42)39(46-27-33-20-12-7-13-21-33)38(45-26-32-18-10-6-11-19-32)35(48-34)28-44-25-31-16-8-5-9-17-31/h5-13,15-21,34-35,37-39,42H,14,22-29H2,1-4H3/t34-,35-,37+,38-,39-,40?/m1/s1. The van der Waals surface area contributed by atoms with Crippen molar-refractivity contribution in [3.05, 3.63) is 119 Å². The van der Waals surface area contributed by atoms with Gasteiger partial charge in [-0.1, -0.05) is 103 Å². The van der Waals surface area contributed by atoms with Crippen molar-refractivity contribution in [2.45, 2.75) is 102 Å². The van der Waals surface area contributed by atoms with E-state index in [1.165, 1.54) is 5.57 Å². The summed E-state index contributed by atoms with van der Waals surface area (Å²) in [6, 6.07) is 29.6. The molecule has 4 rings (SSSR count). The molecule has 0 spiro atoms. The summed E-state index contributed by atoms with van der Waals surface area (Å²) in [7, 11) is 1.54. The maximum atomic E-state index is 13.7. The molecule has 1 unspecified atom stereocenters. The Hall–Kier alpha value is -3.21. The lowest BCUT2D eigenvalue weighted by Gasteiger charge is -2.45. The van der Waals surface area contributed by atoms with Gasteiger partial charge in [-0.2, -0.15) is 0 Å². The van der Waals surface area contributed by atoms with E-state index in [2.05, 4.69) is 6.08 Å². The quantitative estimate of drug-likeness (QED) is 0.103. The van der Waals surface area contributed by atoms with Gasteiger partial charge in [0.25, 0.3) is 0 Å². The summed E-state index contributed by atoms with van der Waals surface area (Å²) >= 11 is 0. The fraction of sp³-hybridized carbons (Fsp3) is 0.475. The van der Waals surface area contributed by atoms with E-state index in [9.17, 15) is 9.90 Å². The number of hydrogen-bond acceptors (Lipinski definition) is 8. The van der Waals surface area contributed by atoms with Crippen molar-refractivity contribution in [3.63, 3.8) is 0 Å². The van der Waals surface area contributed by atoms with E-state index in [4.69, 9.17) is 28.4 Å². The first-order valence-electron chi connectivity index (χ1n) is 16.8. The molecule has 8 nitrogen and oxygen atoms in total. The first-order chi connectivity index (χ1) is 23.3. The van der Waals surface area contributed by atoms with Crippen LogP contribution in [0.15, 0.2) is 103 Å². The zero-order valence-electron chi connectivity index (χ0n) is 28.8. The van der Waals surface area contributed by atoms with Gasteiger partial charge in [0.2, 0.25) is 0 Å². The van der Waals surface area contributed by atoms with Crippen molar-refractivity contribution in [1.82, 2.24) is 0 Å². The maximum Gasteiger partial charge on any atom is 0.164 e. The van der Waals surface area contributed by atoms with E-state index in [1.54, 1.807) is 7.11 Å². The van der Waals surface area contributed by atoms with Crippen LogP contribution in [-0.4, -0.2) is 67.5 Å². The zero-order valence-corrected chi connectivity index (χ0v) is 28.8. The molecule has 260 valence electrons. The molecule has 0 radical (unpaired) electrons. The second-order valence-electron chi connectivity index (χ2n) is 12.8. The Balaban J connectivity index is 1.54. The van der Waals surface area contributed by atoms with Gasteiger partial charge < -0.3 is 33.5 Å². The topological polar surface area (TPSA) is 92.7 Å². The normalized spacial score (nSPS) is 22.1. The highest BCUT2D eigenvalue weighted by molar-refractivity contribution is 5.87. The van der Waals surface area contributed by atoms with Gasteiger partial charge in [-0.15, -0.1) is 0 Å². The number of carbonyl (C=O) groups excluding carboxylic acids is 1. The third-order valence-corrected chi connectivity index (χ3v) is 8.64. The van der Waals surface area contributed by atoms with Crippen LogP contribution in [0.1, 0.15) is 63.1 Å². The Morgan fingerprint density at radius 3 is 1.90 bits per heavy atom. The van der Waals surface area contributed by atoms with Crippen molar-refractivity contribution in [2.24, 2.45) is 0 Å². The molecule has 1 aliphatic heterocycles. The van der Waals surface area contributed by atoms with E-state index in [-0.39, 0.29) is 38.6 Å². The van der Waals surface area contributed by atoms with Crippen LogP contribution >= 0.6 is 0 Å². The van der Waals surface area contributed by atoms with Crippen LogP contribution in [0.5, 0.6) is 0 Å². The molecule has 0 saturated carbocycles. The van der Waals surface area contributed by atoms with E-state index >= 15 is 0 Å². The molecule has 0 bridgehead atoms. The minimum atomic E-state index is -1.05. The highest BCUT2D eigenvalue weighted by atomic mass is 16.7. The van der Waals surface area contributed by atoms with Crippen molar-refractivity contribution in [2.75, 3.05) is 20.5 Å². The predicted octanol–water partition coefficient (Wildman–Crippen LogP) is 6.98. The molecular weight excluding hydrogens is 608 g/mol. The molecule has 1 N–H and O–H groups in total. The number of ketones is 1. The monoisotopic (exact) mass is 660 g/mol. The highest BCUT2D eigenvalue weighted by Crippen LogP contribution is 2.32. The SMILES string of the molecule is COCOC(C)(CCC=C(C)C)C(=O)CC[C@H]1O[C@H](COCc2ccccc2)[C@@H](OCc2ccccc2)[C@H](OCc2ccccc2)[C@H]1O. The van der Waals surface area contributed by atoms with E-state index in [1.807, 2.05) is 112 Å². The van der Waals surface area contributed by atoms with Gasteiger partial charge in [0.15, 0.2) is 5.78 Å². The predicted molar refractivity (Wildman–Crippen MR) is 185 cm³/mol. The van der Waals surface area contributed by atoms with Crippen LogP contribution in [0.2, 0.25) is 0 Å². The highest BCUT2D eigenvalue weighted by Gasteiger charge is 2.47. The minimum absolute atomic E-state index is 0.0102. The number of methoxy groups -OCH3 is 1. The third kappa shape index (κ3) is 11.7. The Morgan fingerprint density at radius 2 is 1.35 bits per heavy atom. The molecule has 1 aliphatic rings. The molecule has 6 atom stereocenters. The van der Waals surface area contributed by atoms with Crippen molar-refractivity contribution < 1.29 is 38.3 Å². The lowest BCUT2D eigenvalue weighted by atomic mass is 9.87. The van der Waals surface area contributed by atoms with Crippen LogP contribution in [0.4, 0.5) is 0 Å². The Labute approximate surface area is 286 Å². The molecule has 1 heterocycles. The molecule has 0 aliphatic carbocycles. The first-order valence-corrected chi connectivity index (χ1v) is 16.8. The molecule has 3 aromatic carbocycles. The largest absolute Gasteiger partial charge is 0.388 e. The van der Waals surface area contributed by atoms with Crippen LogP contribution < -0.4 is 0 Å². The molecule has 48 heavy (non-hydrogen) atoms. The lowest BCUT2D eigenvalue weighted by Crippen LogP contribution is -2.60. The number of carbonyl (C=O) groups is 1. The van der Waals surface area contributed by atoms with E-state index in [0.29, 0.717) is 26.1 Å². The average Bonchev–Trinajstić information content (AvgIpc) is 3.10. The number of hydrogen-bond donors (Lipinski definition) is 1. The van der Waals surface area contributed by atoms with Gasteiger partial charge in [0.05, 0.1) is 32.5 Å². The molecule has 3 aromatic rings. The maximum absolute atomic E-state index is 13.7. The lowest BCUT2D eigenvalue weighted by molar-refractivity contribution is -0.262. The van der Waals surface area contributed by atoms with Crippen LogP contribution in [-0.2, 0) is 53.0 Å². The van der Waals surface area contributed by atoms with Crippen LogP contribution in [0, 0.1) is 0 Å². The molecule has 8 heteroatoms. The molecule has 1 fully saturated rings. The van der Waals surface area contributed by atoms with Gasteiger partial charge in [-0.05, 0) is 56.7 Å². The second-order valence-corrected chi connectivity index (χ2v) is 12.8. The third-order valence-electron chi connectivity index (χ3n) is 8.64. The van der Waals surface area contributed by atoms with Crippen LogP contribution in [0.25, 0.3) is 0 Å². The number of rotatable bonds is 20. The summed E-state index contributed by atoms with van der Waals surface area (Å²) in [6.45, 7) is 7.09. The fourth-order valence-corrected chi connectivity index (χ4v) is 5.82. The number of Topliss-reactive ketones (excluding diaryl/α,β-unsaturated/α-hetero) is 1. The van der Waals surface area contributed by atoms with Crippen LogP contribution in [0.3, 0.4) is 0 Å². The number of aliphatic hydroxyl groups is 1. The Morgan fingerprint density at radius 1 is 0.812 bits per heavy atom. The molecule has 1 saturated heterocycles. The summed E-state index contributed by atoms with van der Waals surface area (Å²) in [5, 5.41) is 11.8. The van der Waals surface area contributed by atoms with Gasteiger partial charge in [-0.3, -0.25) is 4.79 Å². The molecular formula is C40H52O8. The van der Waals surface area contributed by atoms with Gasteiger partial charge in [0, 0.05) is 13.5 Å². The van der Waals surface area contributed by atoms with E-state index in [0.717, 1.165) is 16.7 Å². The number of ether oxygens (including phenoxy) is 6. The summed E-state index contributed by atoms with van der Waals surface area (Å²) < 4.78 is 36.8. The number of allylic oxidation sites excluding steroid dienone is 2. The molecule has 0 aromatic heterocycles. The first kappa shape index (κ1) is 37.6. The van der Waals surface area contributed by atoms with Crippen molar-refractivity contribution in [3.8, 4) is 0 Å². The number of aliphatic hydroxyl groups excluding tert-OH is 1. The van der Waals surface area contributed by atoms with E-state index < -0.39 is 36.1 Å². The van der Waals surface area contributed by atoms with Crippen molar-refractivity contribution in [1.29, 1.82) is 0 Å². The smallest absolute Gasteiger partial charge is 0.164 e. The minimum Gasteiger partial charge on any atom is -0.388 e. The summed E-state index contributed by atoms with van der Waals surface area (Å²) in [4.78, 5) is 13.7. The summed E-state index contributed by atoms with van der Waals surface area (Å²) in [5.41, 5.74) is 3.15. The average molecular weight is 661 g/mol. The second kappa shape index (κ2) is 19.7. The van der Waals surface area contributed by atoms with Crippen molar-refractivity contribution >= 4 is 5.78 Å². The zero-order chi connectivity index (χ0) is 34.2. The Kier molecular flexibility index (Phi) is 15.4. The fourth-order valence-electron chi connectivity index (χ4n) is 5.82.